The van der Waals surface area contributed by atoms with E-state index in [0.29, 0.717) is 0 Å². The van der Waals surface area contributed by atoms with E-state index >= 15 is 0 Å². The Morgan fingerprint density at radius 3 is 2.67 bits per heavy atom. The molecule has 0 spiro atoms. The first kappa shape index (κ1) is 11.6. The predicted octanol–water partition coefficient (Wildman–Crippen LogP) is 1.27. The molecule has 0 aliphatic carbocycles. The number of hydrogen-bond acceptors (Lipinski definition) is 4. The minimum absolute atomic E-state index is 0.193. The molecule has 0 N–H and O–H groups in total. The quantitative estimate of drug-likeness (QED) is 0.581. The summed E-state index contributed by atoms with van der Waals surface area (Å²) >= 11 is 0. The van der Waals surface area contributed by atoms with Crippen molar-refractivity contribution in [3.63, 3.8) is 0 Å². The second kappa shape index (κ2) is 4.39. The fourth-order valence-electron chi connectivity index (χ4n) is 1.11. The number of carbonyl (C=O) groups is 1. The second-order valence-electron chi connectivity index (χ2n) is 2.88. The summed E-state index contributed by atoms with van der Waals surface area (Å²) in [5.74, 6) is -1.33. The third-order valence-electron chi connectivity index (χ3n) is 1.69. The van der Waals surface area contributed by atoms with Crippen molar-refractivity contribution < 1.29 is 21.8 Å². The molecule has 0 saturated carbocycles. The standard InChI is InChI=1S/C9H9FO4S/c1-14-9(11)8-4-2-3-7(5-8)6-15(10,12)13/h2-5H,6H2,1H3. The molecule has 1 rings (SSSR count). The number of methoxy groups -OCH3 is 1. The van der Waals surface area contributed by atoms with Crippen LogP contribution in [0.25, 0.3) is 0 Å². The number of hydrogen-bond donors (Lipinski definition) is 0. The van der Waals surface area contributed by atoms with Gasteiger partial charge in [0.05, 0.1) is 12.7 Å². The Morgan fingerprint density at radius 2 is 2.13 bits per heavy atom. The van der Waals surface area contributed by atoms with Crippen LogP contribution in [0.5, 0.6) is 0 Å². The van der Waals surface area contributed by atoms with Gasteiger partial charge in [-0.3, -0.25) is 0 Å². The molecule has 0 bridgehead atoms. The van der Waals surface area contributed by atoms with Gasteiger partial charge in [-0.1, -0.05) is 12.1 Å². The summed E-state index contributed by atoms with van der Waals surface area (Å²) in [7, 11) is -3.37. The summed E-state index contributed by atoms with van der Waals surface area (Å²) in [4.78, 5) is 11.1. The first-order valence-corrected chi connectivity index (χ1v) is 5.57. The van der Waals surface area contributed by atoms with Gasteiger partial charge in [-0.05, 0) is 17.7 Å². The Hall–Kier alpha value is -1.43. The molecule has 0 radical (unpaired) electrons. The lowest BCUT2D eigenvalue weighted by molar-refractivity contribution is 0.0600. The van der Waals surface area contributed by atoms with E-state index in [9.17, 15) is 17.1 Å². The van der Waals surface area contributed by atoms with Crippen LogP contribution < -0.4 is 0 Å². The van der Waals surface area contributed by atoms with Gasteiger partial charge < -0.3 is 4.74 Å². The summed E-state index contributed by atoms with van der Waals surface area (Å²) < 4.78 is 37.5. The smallest absolute Gasteiger partial charge is 0.337 e. The molecule has 1 aromatic carbocycles. The van der Waals surface area contributed by atoms with Crippen LogP contribution in [-0.2, 0) is 20.7 Å². The maximum absolute atomic E-state index is 12.3. The Balaban J connectivity index is 2.98. The van der Waals surface area contributed by atoms with Crippen LogP contribution >= 0.6 is 0 Å². The molecule has 6 heteroatoms. The first-order valence-electron chi connectivity index (χ1n) is 4.02. The average molecular weight is 232 g/mol. The predicted molar refractivity (Wildman–Crippen MR) is 51.5 cm³/mol. The van der Waals surface area contributed by atoms with E-state index in [0.717, 1.165) is 0 Å². The highest BCUT2D eigenvalue weighted by atomic mass is 32.3. The topological polar surface area (TPSA) is 60.4 Å². The molecule has 0 fully saturated rings. The van der Waals surface area contributed by atoms with Crippen LogP contribution in [0.4, 0.5) is 3.89 Å². The Labute approximate surface area is 86.9 Å². The largest absolute Gasteiger partial charge is 0.465 e. The van der Waals surface area contributed by atoms with Crippen molar-refractivity contribution in [2.45, 2.75) is 5.75 Å². The zero-order chi connectivity index (χ0) is 11.5. The highest BCUT2D eigenvalue weighted by Crippen LogP contribution is 2.10. The van der Waals surface area contributed by atoms with Gasteiger partial charge in [0.1, 0.15) is 5.75 Å². The van der Waals surface area contributed by atoms with Crippen molar-refractivity contribution in [2.75, 3.05) is 7.11 Å². The van der Waals surface area contributed by atoms with Gasteiger partial charge in [0.25, 0.3) is 0 Å². The van der Waals surface area contributed by atoms with Gasteiger partial charge in [0.2, 0.25) is 0 Å². The lowest BCUT2D eigenvalue weighted by Gasteiger charge is -2.01. The highest BCUT2D eigenvalue weighted by molar-refractivity contribution is 7.85. The van der Waals surface area contributed by atoms with E-state index in [2.05, 4.69) is 4.74 Å². The van der Waals surface area contributed by atoms with E-state index in [4.69, 9.17) is 0 Å². The second-order valence-corrected chi connectivity index (χ2v) is 4.24. The number of esters is 1. The van der Waals surface area contributed by atoms with E-state index in [1.807, 2.05) is 0 Å². The number of rotatable bonds is 3. The van der Waals surface area contributed by atoms with Crippen molar-refractivity contribution in [1.29, 1.82) is 0 Å². The molecule has 0 saturated heterocycles. The van der Waals surface area contributed by atoms with E-state index < -0.39 is 21.9 Å². The summed E-state index contributed by atoms with van der Waals surface area (Å²) in [6.07, 6.45) is 0. The Bertz CT molecular complexity index is 467. The maximum atomic E-state index is 12.3. The minimum atomic E-state index is -4.58. The number of ether oxygens (including phenoxy) is 1. The zero-order valence-electron chi connectivity index (χ0n) is 7.94. The Kier molecular flexibility index (Phi) is 3.41. The minimum Gasteiger partial charge on any atom is -0.465 e. The third-order valence-corrected chi connectivity index (χ3v) is 2.37. The van der Waals surface area contributed by atoms with Gasteiger partial charge in [-0.2, -0.15) is 8.42 Å². The van der Waals surface area contributed by atoms with E-state index in [1.165, 1.54) is 31.4 Å². The molecule has 1 aromatic rings. The summed E-state index contributed by atoms with van der Waals surface area (Å²) in [6.45, 7) is 0. The van der Waals surface area contributed by atoms with E-state index in [-0.39, 0.29) is 11.1 Å². The Morgan fingerprint density at radius 1 is 1.47 bits per heavy atom. The summed E-state index contributed by atoms with van der Waals surface area (Å²) in [5.41, 5.74) is 0.402. The molecular formula is C9H9FO4S. The lowest BCUT2D eigenvalue weighted by Crippen LogP contribution is -2.03. The van der Waals surface area contributed by atoms with Crippen molar-refractivity contribution in [2.24, 2.45) is 0 Å². The summed E-state index contributed by atoms with van der Waals surface area (Å²) in [5, 5.41) is 0. The molecule has 0 amide bonds. The van der Waals surface area contributed by atoms with Gasteiger partial charge in [0.15, 0.2) is 0 Å². The molecule has 82 valence electrons. The highest BCUT2D eigenvalue weighted by Gasteiger charge is 2.11. The monoisotopic (exact) mass is 232 g/mol. The zero-order valence-corrected chi connectivity index (χ0v) is 8.75. The van der Waals surface area contributed by atoms with Crippen LogP contribution in [0.3, 0.4) is 0 Å². The van der Waals surface area contributed by atoms with Crippen LogP contribution in [0.2, 0.25) is 0 Å². The molecule has 15 heavy (non-hydrogen) atoms. The SMILES string of the molecule is COC(=O)c1cccc(CS(=O)(=O)F)c1. The molecule has 4 nitrogen and oxygen atoms in total. The van der Waals surface area contributed by atoms with Crippen LogP contribution in [0.1, 0.15) is 15.9 Å². The fourth-order valence-corrected chi connectivity index (χ4v) is 1.68. The average Bonchev–Trinajstić information content (AvgIpc) is 2.14. The van der Waals surface area contributed by atoms with Crippen LogP contribution in [-0.4, -0.2) is 21.5 Å². The normalized spacial score (nSPS) is 11.1. The van der Waals surface area contributed by atoms with E-state index in [1.54, 1.807) is 0 Å². The number of halogens is 1. The van der Waals surface area contributed by atoms with Crippen molar-refractivity contribution in [1.82, 2.24) is 0 Å². The first-order chi connectivity index (χ1) is 6.92. The molecule has 0 aromatic heterocycles. The van der Waals surface area contributed by atoms with Crippen molar-refractivity contribution in [3.05, 3.63) is 35.4 Å². The van der Waals surface area contributed by atoms with Crippen molar-refractivity contribution >= 4 is 16.2 Å². The van der Waals surface area contributed by atoms with Gasteiger partial charge in [-0.15, -0.1) is 3.89 Å². The van der Waals surface area contributed by atoms with Gasteiger partial charge >= 0.3 is 16.2 Å². The molecule has 0 unspecified atom stereocenters. The molecule has 0 aliphatic rings. The van der Waals surface area contributed by atoms with Gasteiger partial charge in [-0.25, -0.2) is 4.79 Å². The molecule has 0 atom stereocenters. The number of benzene rings is 1. The molecule has 0 heterocycles. The lowest BCUT2D eigenvalue weighted by atomic mass is 10.1. The van der Waals surface area contributed by atoms with Crippen LogP contribution in [0.15, 0.2) is 24.3 Å². The maximum Gasteiger partial charge on any atom is 0.337 e. The van der Waals surface area contributed by atoms with Crippen LogP contribution in [0, 0.1) is 0 Å². The van der Waals surface area contributed by atoms with Gasteiger partial charge in [0, 0.05) is 0 Å². The van der Waals surface area contributed by atoms with Crippen molar-refractivity contribution in [3.8, 4) is 0 Å². The number of carbonyl (C=O) groups excluding carboxylic acids is 1. The third kappa shape index (κ3) is 3.67. The molecular weight excluding hydrogens is 223 g/mol. The fraction of sp³-hybridized carbons (Fsp3) is 0.222. The summed E-state index contributed by atoms with van der Waals surface area (Å²) in [6, 6.07) is 5.62. The molecule has 0 aliphatic heterocycles.